The third-order valence-corrected chi connectivity index (χ3v) is 3.46. The molecule has 0 aliphatic heterocycles. The van der Waals surface area contributed by atoms with Crippen LogP contribution in [0.25, 0.3) is 0 Å². The molecule has 1 aromatic heterocycles. The highest BCUT2D eigenvalue weighted by molar-refractivity contribution is 9.11. The summed E-state index contributed by atoms with van der Waals surface area (Å²) in [6.45, 7) is 0. The number of rotatable bonds is 3. The number of aromatic nitrogens is 1. The molecule has 0 aliphatic rings. The molecule has 2 rings (SSSR count). The molecule has 2 aromatic rings. The highest BCUT2D eigenvalue weighted by atomic mass is 79.9. The Bertz CT molecular complexity index is 629. The number of benzene rings is 1. The third kappa shape index (κ3) is 3.76. The first-order valence-corrected chi connectivity index (χ1v) is 6.68. The van der Waals surface area contributed by atoms with Gasteiger partial charge in [0.25, 0.3) is 0 Å². The van der Waals surface area contributed by atoms with Gasteiger partial charge in [-0.3, -0.25) is 5.32 Å². The molecule has 0 atom stereocenters. The Morgan fingerprint density at radius 2 is 2.11 bits per heavy atom. The van der Waals surface area contributed by atoms with E-state index < -0.39 is 12.0 Å². The molecular formula is C11H8BrN3O3S. The van der Waals surface area contributed by atoms with Gasteiger partial charge >= 0.3 is 12.0 Å². The molecule has 6 nitrogen and oxygen atoms in total. The number of thiazole rings is 1. The Hall–Kier alpha value is -1.93. The number of carboxylic acid groups (broad SMARTS) is 1. The zero-order valence-corrected chi connectivity index (χ0v) is 11.8. The average molecular weight is 342 g/mol. The van der Waals surface area contributed by atoms with E-state index in [4.69, 9.17) is 5.11 Å². The minimum atomic E-state index is -1.05. The predicted octanol–water partition coefficient (Wildman–Crippen LogP) is 3.25. The van der Waals surface area contributed by atoms with Crippen molar-refractivity contribution in [2.75, 3.05) is 10.6 Å². The molecule has 0 saturated carbocycles. The molecule has 3 N–H and O–H groups in total. The van der Waals surface area contributed by atoms with Gasteiger partial charge in [-0.2, -0.15) is 0 Å². The predicted molar refractivity (Wildman–Crippen MR) is 75.9 cm³/mol. The first kappa shape index (κ1) is 13.5. The van der Waals surface area contributed by atoms with E-state index in [0.29, 0.717) is 10.8 Å². The monoisotopic (exact) mass is 341 g/mol. The van der Waals surface area contributed by atoms with Crippen LogP contribution in [-0.2, 0) is 0 Å². The molecule has 1 heterocycles. The van der Waals surface area contributed by atoms with Crippen molar-refractivity contribution in [3.8, 4) is 0 Å². The minimum Gasteiger partial charge on any atom is -0.478 e. The maximum absolute atomic E-state index is 11.7. The summed E-state index contributed by atoms with van der Waals surface area (Å²) in [7, 11) is 0. The topological polar surface area (TPSA) is 91.3 Å². The van der Waals surface area contributed by atoms with Gasteiger partial charge in [0.1, 0.15) is 0 Å². The van der Waals surface area contributed by atoms with Crippen molar-refractivity contribution in [3.63, 3.8) is 0 Å². The molecular weight excluding hydrogens is 334 g/mol. The van der Waals surface area contributed by atoms with Gasteiger partial charge in [0.15, 0.2) is 5.13 Å². The molecule has 0 saturated heterocycles. The number of halogens is 1. The second-order valence-electron chi connectivity index (χ2n) is 3.43. The SMILES string of the molecule is O=C(Nc1cccc(C(=O)O)c1)Nc1ncc(Br)s1. The fourth-order valence-corrected chi connectivity index (χ4v) is 2.40. The summed E-state index contributed by atoms with van der Waals surface area (Å²) >= 11 is 4.51. The van der Waals surface area contributed by atoms with Crippen LogP contribution in [0.1, 0.15) is 10.4 Å². The summed E-state index contributed by atoms with van der Waals surface area (Å²) in [5.74, 6) is -1.05. The smallest absolute Gasteiger partial charge is 0.335 e. The Morgan fingerprint density at radius 1 is 1.32 bits per heavy atom. The van der Waals surface area contributed by atoms with Gasteiger partial charge < -0.3 is 10.4 Å². The van der Waals surface area contributed by atoms with Crippen LogP contribution in [0.15, 0.2) is 34.2 Å². The van der Waals surface area contributed by atoms with E-state index in [2.05, 4.69) is 31.5 Å². The number of hydrogen-bond donors (Lipinski definition) is 3. The first-order chi connectivity index (χ1) is 9.04. The molecule has 0 fully saturated rings. The summed E-state index contributed by atoms with van der Waals surface area (Å²) in [5, 5.41) is 14.4. The standard InChI is InChI=1S/C11H8BrN3O3S/c12-8-5-13-11(19-8)15-10(18)14-7-3-1-2-6(4-7)9(16)17/h1-5H,(H,16,17)(H2,13,14,15,18). The van der Waals surface area contributed by atoms with Gasteiger partial charge in [-0.25, -0.2) is 14.6 Å². The lowest BCUT2D eigenvalue weighted by molar-refractivity contribution is 0.0697. The van der Waals surface area contributed by atoms with Crippen molar-refractivity contribution in [2.45, 2.75) is 0 Å². The van der Waals surface area contributed by atoms with Crippen LogP contribution in [0, 0.1) is 0 Å². The van der Waals surface area contributed by atoms with Crippen molar-refractivity contribution < 1.29 is 14.7 Å². The number of urea groups is 1. The lowest BCUT2D eigenvalue weighted by atomic mass is 10.2. The van der Waals surface area contributed by atoms with Crippen LogP contribution < -0.4 is 10.6 Å². The number of nitrogens with one attached hydrogen (secondary N) is 2. The number of hydrogen-bond acceptors (Lipinski definition) is 4. The maximum atomic E-state index is 11.7. The molecule has 0 radical (unpaired) electrons. The quantitative estimate of drug-likeness (QED) is 0.799. The Balaban J connectivity index is 2.02. The highest BCUT2D eigenvalue weighted by Gasteiger charge is 2.08. The van der Waals surface area contributed by atoms with E-state index in [1.54, 1.807) is 18.3 Å². The van der Waals surface area contributed by atoms with Crippen LogP contribution in [-0.4, -0.2) is 22.1 Å². The molecule has 0 bridgehead atoms. The number of amides is 2. The van der Waals surface area contributed by atoms with E-state index >= 15 is 0 Å². The van der Waals surface area contributed by atoms with Crippen LogP contribution in [0.5, 0.6) is 0 Å². The summed E-state index contributed by atoms with van der Waals surface area (Å²) in [6, 6.07) is 5.50. The molecule has 2 amide bonds. The van der Waals surface area contributed by atoms with Gasteiger partial charge in [-0.05, 0) is 34.1 Å². The zero-order valence-electron chi connectivity index (χ0n) is 9.38. The largest absolute Gasteiger partial charge is 0.478 e. The van der Waals surface area contributed by atoms with Gasteiger partial charge in [-0.15, -0.1) is 0 Å². The summed E-state index contributed by atoms with van der Waals surface area (Å²) in [5.41, 5.74) is 0.503. The summed E-state index contributed by atoms with van der Waals surface area (Å²) < 4.78 is 0.802. The van der Waals surface area contributed by atoms with Gasteiger partial charge in [0, 0.05) is 5.69 Å². The Kier molecular flexibility index (Phi) is 4.13. The average Bonchev–Trinajstić information content (AvgIpc) is 2.74. The number of carbonyl (C=O) groups is 2. The van der Waals surface area contributed by atoms with Gasteiger partial charge in [0.2, 0.25) is 0 Å². The lowest BCUT2D eigenvalue weighted by Gasteiger charge is -2.05. The van der Waals surface area contributed by atoms with Crippen LogP contribution in [0.2, 0.25) is 0 Å². The van der Waals surface area contributed by atoms with Crippen molar-refractivity contribution in [1.29, 1.82) is 0 Å². The zero-order chi connectivity index (χ0) is 13.8. The van der Waals surface area contributed by atoms with E-state index in [9.17, 15) is 9.59 Å². The van der Waals surface area contributed by atoms with Crippen LogP contribution >= 0.6 is 27.3 Å². The molecule has 8 heteroatoms. The number of carbonyl (C=O) groups excluding carboxylic acids is 1. The first-order valence-electron chi connectivity index (χ1n) is 5.07. The minimum absolute atomic E-state index is 0.106. The molecule has 0 spiro atoms. The molecule has 98 valence electrons. The fraction of sp³-hybridized carbons (Fsp3) is 0. The summed E-state index contributed by atoms with van der Waals surface area (Å²) in [6.07, 6.45) is 1.57. The molecule has 0 unspecified atom stereocenters. The molecule has 0 aliphatic carbocycles. The van der Waals surface area contributed by atoms with Crippen molar-refractivity contribution in [1.82, 2.24) is 4.98 Å². The van der Waals surface area contributed by atoms with E-state index in [1.165, 1.54) is 23.5 Å². The summed E-state index contributed by atoms with van der Waals surface area (Å²) in [4.78, 5) is 26.4. The Labute approximate surface area is 120 Å². The Morgan fingerprint density at radius 3 is 2.74 bits per heavy atom. The second-order valence-corrected chi connectivity index (χ2v) is 5.84. The van der Waals surface area contributed by atoms with Crippen LogP contribution in [0.4, 0.5) is 15.6 Å². The van der Waals surface area contributed by atoms with E-state index in [1.807, 2.05) is 0 Å². The number of nitrogens with zero attached hydrogens (tertiary/aromatic N) is 1. The van der Waals surface area contributed by atoms with Crippen molar-refractivity contribution in [3.05, 3.63) is 39.8 Å². The van der Waals surface area contributed by atoms with Crippen molar-refractivity contribution >= 4 is 50.1 Å². The van der Waals surface area contributed by atoms with E-state index in [0.717, 1.165) is 3.79 Å². The number of aromatic carboxylic acids is 1. The maximum Gasteiger partial charge on any atom is 0.335 e. The van der Waals surface area contributed by atoms with Gasteiger partial charge in [0.05, 0.1) is 15.5 Å². The normalized spacial score (nSPS) is 9.95. The molecule has 1 aromatic carbocycles. The lowest BCUT2D eigenvalue weighted by Crippen LogP contribution is -2.19. The van der Waals surface area contributed by atoms with Crippen LogP contribution in [0.3, 0.4) is 0 Å². The third-order valence-electron chi connectivity index (χ3n) is 2.07. The van der Waals surface area contributed by atoms with Crippen molar-refractivity contribution in [2.24, 2.45) is 0 Å². The number of anilines is 2. The number of carboxylic acids is 1. The van der Waals surface area contributed by atoms with E-state index in [-0.39, 0.29) is 5.56 Å². The van der Waals surface area contributed by atoms with Gasteiger partial charge in [-0.1, -0.05) is 17.4 Å². The molecule has 19 heavy (non-hydrogen) atoms. The second kappa shape index (κ2) is 5.81. The highest BCUT2D eigenvalue weighted by Crippen LogP contribution is 2.23. The fourth-order valence-electron chi connectivity index (χ4n) is 1.30.